The van der Waals surface area contributed by atoms with Crippen LogP contribution in [0.15, 0.2) is 78.9 Å². The first-order valence-electron chi connectivity index (χ1n) is 10.9. The Kier molecular flexibility index (Phi) is 8.03. The molecule has 0 radical (unpaired) electrons. The maximum atomic E-state index is 12.4. The van der Waals surface area contributed by atoms with E-state index in [2.05, 4.69) is 10.6 Å². The van der Waals surface area contributed by atoms with E-state index in [-0.39, 0.29) is 5.56 Å². The average molecular weight is 461 g/mol. The summed E-state index contributed by atoms with van der Waals surface area (Å²) in [7, 11) is 0. The number of ether oxygens (including phenoxy) is 2. The standard InChI is InChI=1S/C27H28N2O5/c1-27(2,3)34-26(32)28-22-15-13-20(14-16-22)25(31)33-18-24(30)29-23-12-8-7-11-21(23)17-19-9-5-4-6-10-19/h4-16H,17-18H2,1-3H3,(H,28,32)(H,29,30). The number of carbonyl (C=O) groups is 3. The molecule has 0 spiro atoms. The van der Waals surface area contributed by atoms with Crippen LogP contribution in [0.2, 0.25) is 0 Å². The Hall–Kier alpha value is -4.13. The molecule has 34 heavy (non-hydrogen) atoms. The number of rotatable bonds is 7. The number of hydrogen-bond donors (Lipinski definition) is 2. The van der Waals surface area contributed by atoms with E-state index in [9.17, 15) is 14.4 Å². The summed E-state index contributed by atoms with van der Waals surface area (Å²) in [5.74, 6) is -1.08. The Morgan fingerprint density at radius 1 is 0.794 bits per heavy atom. The van der Waals surface area contributed by atoms with Gasteiger partial charge in [-0.2, -0.15) is 0 Å². The van der Waals surface area contributed by atoms with Gasteiger partial charge in [0.05, 0.1) is 5.56 Å². The van der Waals surface area contributed by atoms with Gasteiger partial charge in [0.25, 0.3) is 5.91 Å². The number of nitrogens with one attached hydrogen (secondary N) is 2. The molecule has 0 saturated carbocycles. The quantitative estimate of drug-likeness (QED) is 0.459. The van der Waals surface area contributed by atoms with E-state index in [0.717, 1.165) is 11.1 Å². The average Bonchev–Trinajstić information content (AvgIpc) is 2.79. The fourth-order valence-electron chi connectivity index (χ4n) is 3.12. The molecule has 7 heteroatoms. The van der Waals surface area contributed by atoms with Crippen LogP contribution in [-0.4, -0.2) is 30.2 Å². The second-order valence-corrected chi connectivity index (χ2v) is 8.65. The number of anilines is 2. The summed E-state index contributed by atoms with van der Waals surface area (Å²) in [6, 6.07) is 23.6. The van der Waals surface area contributed by atoms with Gasteiger partial charge in [0.1, 0.15) is 5.60 Å². The van der Waals surface area contributed by atoms with E-state index in [1.165, 1.54) is 12.1 Å². The molecule has 7 nitrogen and oxygen atoms in total. The number of benzene rings is 3. The van der Waals surface area contributed by atoms with Crippen LogP contribution < -0.4 is 10.6 Å². The highest BCUT2D eigenvalue weighted by molar-refractivity contribution is 5.96. The van der Waals surface area contributed by atoms with Gasteiger partial charge in [-0.15, -0.1) is 0 Å². The summed E-state index contributed by atoms with van der Waals surface area (Å²) in [4.78, 5) is 36.5. The van der Waals surface area contributed by atoms with Crippen molar-refractivity contribution < 1.29 is 23.9 Å². The number of hydrogen-bond acceptors (Lipinski definition) is 5. The van der Waals surface area contributed by atoms with Gasteiger partial charge in [-0.1, -0.05) is 48.5 Å². The fourth-order valence-corrected chi connectivity index (χ4v) is 3.12. The zero-order valence-corrected chi connectivity index (χ0v) is 19.5. The van der Waals surface area contributed by atoms with E-state index < -0.39 is 30.2 Å². The second kappa shape index (κ2) is 11.1. The minimum atomic E-state index is -0.642. The fraction of sp³-hybridized carbons (Fsp3) is 0.222. The van der Waals surface area contributed by atoms with E-state index in [1.54, 1.807) is 32.9 Å². The minimum absolute atomic E-state index is 0.256. The molecule has 0 atom stereocenters. The first-order valence-corrected chi connectivity index (χ1v) is 10.9. The van der Waals surface area contributed by atoms with Gasteiger partial charge in [0.2, 0.25) is 0 Å². The number of esters is 1. The molecule has 0 aliphatic carbocycles. The smallest absolute Gasteiger partial charge is 0.412 e. The van der Waals surface area contributed by atoms with Crippen molar-refractivity contribution >= 4 is 29.3 Å². The van der Waals surface area contributed by atoms with Crippen LogP contribution in [0.25, 0.3) is 0 Å². The lowest BCUT2D eigenvalue weighted by Crippen LogP contribution is -2.27. The van der Waals surface area contributed by atoms with Crippen LogP contribution in [-0.2, 0) is 20.7 Å². The molecule has 0 fully saturated rings. The van der Waals surface area contributed by atoms with E-state index in [1.807, 2.05) is 54.6 Å². The highest BCUT2D eigenvalue weighted by Crippen LogP contribution is 2.19. The molecule has 0 aromatic heterocycles. The van der Waals surface area contributed by atoms with Crippen LogP contribution in [0.1, 0.15) is 42.3 Å². The Morgan fingerprint density at radius 3 is 2.12 bits per heavy atom. The van der Waals surface area contributed by atoms with Crippen LogP contribution in [0.4, 0.5) is 16.2 Å². The van der Waals surface area contributed by atoms with Crippen molar-refractivity contribution in [3.05, 3.63) is 95.6 Å². The Bertz CT molecular complexity index is 1140. The third-order valence-electron chi connectivity index (χ3n) is 4.63. The summed E-state index contributed by atoms with van der Waals surface area (Å²) in [6.45, 7) is 4.88. The minimum Gasteiger partial charge on any atom is -0.452 e. The van der Waals surface area contributed by atoms with E-state index in [0.29, 0.717) is 17.8 Å². The Morgan fingerprint density at radius 2 is 1.44 bits per heavy atom. The summed E-state index contributed by atoms with van der Waals surface area (Å²) < 4.78 is 10.3. The topological polar surface area (TPSA) is 93.7 Å². The highest BCUT2D eigenvalue weighted by Gasteiger charge is 2.17. The predicted molar refractivity (Wildman–Crippen MR) is 131 cm³/mol. The summed E-state index contributed by atoms with van der Waals surface area (Å²) in [5.41, 5.74) is 2.87. The van der Waals surface area contributed by atoms with Crippen molar-refractivity contribution in [1.29, 1.82) is 0 Å². The Labute approximate surface area is 199 Å². The van der Waals surface area contributed by atoms with Gasteiger partial charge in [-0.3, -0.25) is 10.1 Å². The van der Waals surface area contributed by atoms with Crippen LogP contribution in [0.5, 0.6) is 0 Å². The molecule has 0 aliphatic heterocycles. The predicted octanol–water partition coefficient (Wildman–Crippen LogP) is 5.42. The third kappa shape index (κ3) is 7.78. The Balaban J connectivity index is 1.52. The molecule has 0 saturated heterocycles. The highest BCUT2D eigenvalue weighted by atomic mass is 16.6. The van der Waals surface area contributed by atoms with Gasteiger partial charge in [0, 0.05) is 11.4 Å². The van der Waals surface area contributed by atoms with Crippen molar-refractivity contribution in [2.75, 3.05) is 17.2 Å². The van der Waals surface area contributed by atoms with Crippen LogP contribution in [0, 0.1) is 0 Å². The molecular weight excluding hydrogens is 432 g/mol. The zero-order valence-electron chi connectivity index (χ0n) is 19.5. The summed E-state index contributed by atoms with van der Waals surface area (Å²) >= 11 is 0. The molecule has 3 rings (SSSR count). The lowest BCUT2D eigenvalue weighted by atomic mass is 10.0. The molecule has 3 aromatic rings. The molecule has 0 aliphatic rings. The van der Waals surface area contributed by atoms with E-state index >= 15 is 0 Å². The van der Waals surface area contributed by atoms with Crippen LogP contribution >= 0.6 is 0 Å². The van der Waals surface area contributed by atoms with Gasteiger partial charge in [0.15, 0.2) is 6.61 Å². The maximum absolute atomic E-state index is 12.4. The molecule has 2 amide bonds. The lowest BCUT2D eigenvalue weighted by molar-refractivity contribution is -0.119. The van der Waals surface area contributed by atoms with Crippen molar-refractivity contribution in [1.82, 2.24) is 0 Å². The van der Waals surface area contributed by atoms with Gasteiger partial charge in [-0.25, -0.2) is 9.59 Å². The number of para-hydroxylation sites is 1. The SMILES string of the molecule is CC(C)(C)OC(=O)Nc1ccc(C(=O)OCC(=O)Nc2ccccc2Cc2ccccc2)cc1. The maximum Gasteiger partial charge on any atom is 0.412 e. The normalized spacial score (nSPS) is 10.8. The molecular formula is C27H28N2O5. The van der Waals surface area contributed by atoms with Crippen molar-refractivity contribution in [3.8, 4) is 0 Å². The number of amides is 2. The van der Waals surface area contributed by atoms with Crippen molar-refractivity contribution in [3.63, 3.8) is 0 Å². The van der Waals surface area contributed by atoms with Crippen molar-refractivity contribution in [2.45, 2.75) is 32.8 Å². The lowest BCUT2D eigenvalue weighted by Gasteiger charge is -2.19. The largest absolute Gasteiger partial charge is 0.452 e. The van der Waals surface area contributed by atoms with Gasteiger partial charge in [-0.05, 0) is 68.7 Å². The molecule has 0 bridgehead atoms. The molecule has 0 unspecified atom stereocenters. The number of carbonyl (C=O) groups excluding carboxylic acids is 3. The second-order valence-electron chi connectivity index (χ2n) is 8.65. The molecule has 3 aromatic carbocycles. The molecule has 2 N–H and O–H groups in total. The van der Waals surface area contributed by atoms with Crippen molar-refractivity contribution in [2.24, 2.45) is 0 Å². The first-order chi connectivity index (χ1) is 16.2. The van der Waals surface area contributed by atoms with Crippen LogP contribution in [0.3, 0.4) is 0 Å². The molecule has 176 valence electrons. The first kappa shape index (κ1) is 24.5. The molecule has 0 heterocycles. The van der Waals surface area contributed by atoms with Gasteiger partial charge >= 0.3 is 12.1 Å². The summed E-state index contributed by atoms with van der Waals surface area (Å²) in [5, 5.41) is 5.40. The third-order valence-corrected chi connectivity index (χ3v) is 4.63. The van der Waals surface area contributed by atoms with E-state index in [4.69, 9.17) is 9.47 Å². The van der Waals surface area contributed by atoms with Gasteiger partial charge < -0.3 is 14.8 Å². The summed E-state index contributed by atoms with van der Waals surface area (Å²) in [6.07, 6.45) is 0.0767. The monoisotopic (exact) mass is 460 g/mol. The zero-order chi connectivity index (χ0) is 24.6.